The van der Waals surface area contributed by atoms with Crippen LogP contribution in [-0.4, -0.2) is 50.9 Å². The van der Waals surface area contributed by atoms with Crippen LogP contribution < -0.4 is 4.72 Å². The van der Waals surface area contributed by atoms with Crippen molar-refractivity contribution in [2.24, 2.45) is 5.92 Å². The maximum Gasteiger partial charge on any atom is 0.208 e. The highest BCUT2D eigenvalue weighted by molar-refractivity contribution is 7.88. The maximum atomic E-state index is 11.2. The number of rotatable bonds is 6. The molecule has 2 rings (SSSR count). The molecule has 5 nitrogen and oxygen atoms in total. The molecule has 1 fully saturated rings. The first kappa shape index (κ1) is 18.4. The van der Waals surface area contributed by atoms with Gasteiger partial charge in [-0.2, -0.15) is 0 Å². The molecule has 0 aliphatic carbocycles. The standard InChI is InChI=1S/C17H28N2O3S/c1-14-6-8-16(9-7-14)17(2,20)13-19-10-4-5-15(12-19)11-18-23(3,21)22/h6-9,15,18,20H,4-5,10-13H2,1-3H3/t15-,17-/m0/s1. The number of aryl methyl sites for hydroxylation is 1. The third-order valence-electron chi connectivity index (χ3n) is 4.44. The lowest BCUT2D eigenvalue weighted by molar-refractivity contribution is 0.00358. The zero-order valence-corrected chi connectivity index (χ0v) is 15.1. The average molecular weight is 340 g/mol. The minimum Gasteiger partial charge on any atom is -0.384 e. The summed E-state index contributed by atoms with van der Waals surface area (Å²) in [6, 6.07) is 7.97. The average Bonchev–Trinajstić information content (AvgIpc) is 2.45. The quantitative estimate of drug-likeness (QED) is 0.823. The van der Waals surface area contributed by atoms with E-state index in [1.54, 1.807) is 0 Å². The number of hydrogen-bond acceptors (Lipinski definition) is 4. The topological polar surface area (TPSA) is 69.6 Å². The number of benzene rings is 1. The Bertz CT molecular complexity index is 611. The fraction of sp³-hybridized carbons (Fsp3) is 0.647. The molecule has 1 saturated heterocycles. The third kappa shape index (κ3) is 5.88. The second-order valence-corrected chi connectivity index (χ2v) is 8.84. The zero-order valence-electron chi connectivity index (χ0n) is 14.2. The van der Waals surface area contributed by atoms with Crippen LogP contribution in [0, 0.1) is 12.8 Å². The number of nitrogens with one attached hydrogen (secondary N) is 1. The van der Waals surface area contributed by atoms with Crippen molar-refractivity contribution in [2.45, 2.75) is 32.3 Å². The molecule has 1 aliphatic heterocycles. The predicted molar refractivity (Wildman–Crippen MR) is 92.8 cm³/mol. The van der Waals surface area contributed by atoms with E-state index in [-0.39, 0.29) is 0 Å². The lowest BCUT2D eigenvalue weighted by Gasteiger charge is -2.37. The fourth-order valence-corrected chi connectivity index (χ4v) is 3.71. The van der Waals surface area contributed by atoms with Crippen molar-refractivity contribution >= 4 is 10.0 Å². The van der Waals surface area contributed by atoms with E-state index in [1.807, 2.05) is 38.1 Å². The zero-order chi connectivity index (χ0) is 17.1. The summed E-state index contributed by atoms with van der Waals surface area (Å²) in [5.41, 5.74) is 1.19. The van der Waals surface area contributed by atoms with E-state index in [9.17, 15) is 13.5 Å². The molecule has 0 aromatic heterocycles. The monoisotopic (exact) mass is 340 g/mol. The van der Waals surface area contributed by atoms with Gasteiger partial charge < -0.3 is 5.11 Å². The minimum absolute atomic E-state index is 0.298. The number of β-amino-alcohol motifs (C(OH)–C–C–N with tert-alkyl or cyclic N) is 1. The Morgan fingerprint density at radius 2 is 2.00 bits per heavy atom. The number of aliphatic hydroxyl groups is 1. The van der Waals surface area contributed by atoms with Gasteiger partial charge >= 0.3 is 0 Å². The lowest BCUT2D eigenvalue weighted by atomic mass is 9.92. The molecule has 1 aromatic carbocycles. The van der Waals surface area contributed by atoms with Crippen LogP contribution in [0.4, 0.5) is 0 Å². The number of sulfonamides is 1. The van der Waals surface area contributed by atoms with E-state index < -0.39 is 15.6 Å². The SMILES string of the molecule is Cc1ccc([C@@](C)(O)CN2CCC[C@@H](CNS(C)(=O)=O)C2)cc1. The summed E-state index contributed by atoms with van der Waals surface area (Å²) in [6.07, 6.45) is 3.24. The molecule has 1 aromatic rings. The molecule has 6 heteroatoms. The first-order valence-corrected chi connectivity index (χ1v) is 10.0. The van der Waals surface area contributed by atoms with Crippen LogP contribution in [0.1, 0.15) is 30.9 Å². The molecule has 0 spiro atoms. The third-order valence-corrected chi connectivity index (χ3v) is 5.13. The molecular formula is C17H28N2O3S. The van der Waals surface area contributed by atoms with E-state index in [0.29, 0.717) is 19.0 Å². The van der Waals surface area contributed by atoms with Gasteiger partial charge in [-0.05, 0) is 44.7 Å². The highest BCUT2D eigenvalue weighted by Crippen LogP contribution is 2.25. The fourth-order valence-electron chi connectivity index (χ4n) is 3.17. The van der Waals surface area contributed by atoms with Crippen LogP contribution in [-0.2, 0) is 15.6 Å². The van der Waals surface area contributed by atoms with Gasteiger partial charge in [0.05, 0.1) is 11.9 Å². The molecule has 2 atom stereocenters. The first-order valence-electron chi connectivity index (χ1n) is 8.12. The molecule has 0 unspecified atom stereocenters. The Morgan fingerprint density at radius 1 is 1.35 bits per heavy atom. The number of likely N-dealkylation sites (tertiary alicyclic amines) is 1. The molecular weight excluding hydrogens is 312 g/mol. The van der Waals surface area contributed by atoms with Gasteiger partial charge in [-0.3, -0.25) is 4.90 Å². The van der Waals surface area contributed by atoms with E-state index in [4.69, 9.17) is 0 Å². The largest absolute Gasteiger partial charge is 0.384 e. The summed E-state index contributed by atoms with van der Waals surface area (Å²) < 4.78 is 25.1. The van der Waals surface area contributed by atoms with Gasteiger partial charge in [-0.1, -0.05) is 29.8 Å². The molecule has 23 heavy (non-hydrogen) atoms. The van der Waals surface area contributed by atoms with E-state index in [0.717, 1.165) is 31.5 Å². The Morgan fingerprint density at radius 3 is 2.61 bits per heavy atom. The Kier molecular flexibility index (Phi) is 5.84. The first-order chi connectivity index (χ1) is 10.7. The van der Waals surface area contributed by atoms with Crippen LogP contribution in [0.5, 0.6) is 0 Å². The molecule has 1 heterocycles. The highest BCUT2D eigenvalue weighted by atomic mass is 32.2. The van der Waals surface area contributed by atoms with Crippen LogP contribution >= 0.6 is 0 Å². The van der Waals surface area contributed by atoms with Crippen molar-refractivity contribution in [3.05, 3.63) is 35.4 Å². The van der Waals surface area contributed by atoms with Crippen LogP contribution in [0.3, 0.4) is 0 Å². The van der Waals surface area contributed by atoms with Crippen molar-refractivity contribution in [2.75, 3.05) is 32.4 Å². The smallest absolute Gasteiger partial charge is 0.208 e. The summed E-state index contributed by atoms with van der Waals surface area (Å²) in [5.74, 6) is 0.298. The van der Waals surface area contributed by atoms with Gasteiger partial charge in [0.2, 0.25) is 10.0 Å². The van der Waals surface area contributed by atoms with Crippen molar-refractivity contribution in [1.29, 1.82) is 0 Å². The van der Waals surface area contributed by atoms with Crippen molar-refractivity contribution in [3.63, 3.8) is 0 Å². The van der Waals surface area contributed by atoms with Crippen molar-refractivity contribution < 1.29 is 13.5 Å². The number of nitrogens with zero attached hydrogens (tertiary/aromatic N) is 1. The number of piperidine rings is 1. The molecule has 0 bridgehead atoms. The summed E-state index contributed by atoms with van der Waals surface area (Å²) >= 11 is 0. The predicted octanol–water partition coefficient (Wildman–Crippen LogP) is 1.46. The molecule has 130 valence electrons. The molecule has 0 amide bonds. The second-order valence-electron chi connectivity index (χ2n) is 7.00. The van der Waals surface area contributed by atoms with Crippen LogP contribution in [0.25, 0.3) is 0 Å². The van der Waals surface area contributed by atoms with E-state index >= 15 is 0 Å². The Hall–Kier alpha value is -0.950. The summed E-state index contributed by atoms with van der Waals surface area (Å²) in [5, 5.41) is 10.8. The van der Waals surface area contributed by atoms with Crippen molar-refractivity contribution in [3.8, 4) is 0 Å². The summed E-state index contributed by atoms with van der Waals surface area (Å²) in [4.78, 5) is 2.23. The Labute approximate surface area is 139 Å². The van der Waals surface area contributed by atoms with Gasteiger partial charge in [-0.25, -0.2) is 13.1 Å². The minimum atomic E-state index is -3.14. The van der Waals surface area contributed by atoms with Crippen LogP contribution in [0.15, 0.2) is 24.3 Å². The van der Waals surface area contributed by atoms with Crippen LogP contribution in [0.2, 0.25) is 0 Å². The molecule has 0 saturated carbocycles. The lowest BCUT2D eigenvalue weighted by Crippen LogP contribution is -2.46. The summed E-state index contributed by atoms with van der Waals surface area (Å²) in [6.45, 7) is 6.66. The molecule has 0 radical (unpaired) electrons. The normalized spacial score (nSPS) is 22.7. The highest BCUT2D eigenvalue weighted by Gasteiger charge is 2.29. The van der Waals surface area contributed by atoms with Gasteiger partial charge in [0.1, 0.15) is 0 Å². The van der Waals surface area contributed by atoms with Crippen molar-refractivity contribution in [1.82, 2.24) is 9.62 Å². The Balaban J connectivity index is 1.94. The molecule has 2 N–H and O–H groups in total. The van der Waals surface area contributed by atoms with Gasteiger partial charge in [0.15, 0.2) is 0 Å². The maximum absolute atomic E-state index is 11.2. The molecule has 1 aliphatic rings. The van der Waals surface area contributed by atoms with E-state index in [1.165, 1.54) is 11.8 Å². The number of hydrogen-bond donors (Lipinski definition) is 2. The second kappa shape index (κ2) is 7.30. The van der Waals surface area contributed by atoms with Gasteiger partial charge in [0, 0.05) is 19.6 Å². The van der Waals surface area contributed by atoms with Gasteiger partial charge in [-0.15, -0.1) is 0 Å². The van der Waals surface area contributed by atoms with Gasteiger partial charge in [0.25, 0.3) is 0 Å². The summed E-state index contributed by atoms with van der Waals surface area (Å²) in [7, 11) is -3.14. The van der Waals surface area contributed by atoms with E-state index in [2.05, 4.69) is 9.62 Å².